The molecule has 188 valence electrons. The van der Waals surface area contributed by atoms with Crippen molar-refractivity contribution in [3.05, 3.63) is 101 Å². The zero-order chi connectivity index (χ0) is 25.5. The van der Waals surface area contributed by atoms with Crippen LogP contribution in [0.1, 0.15) is 35.3 Å². The van der Waals surface area contributed by atoms with E-state index in [0.29, 0.717) is 30.8 Å². The molecule has 2 amide bonds. The number of benzene rings is 3. The Balaban J connectivity index is 1.42. The van der Waals surface area contributed by atoms with Crippen LogP contribution in [-0.4, -0.2) is 52.3 Å². The number of amides is 2. The number of H-pyrrole nitrogens is 1. The highest BCUT2D eigenvalue weighted by molar-refractivity contribution is 5.97. The van der Waals surface area contributed by atoms with Crippen LogP contribution in [0, 0.1) is 5.82 Å². The SMILES string of the molecule is CCOc1ccccc1[C@H]1c2[nH]c3ccccc3c2C[C@H]2C(=O)N(CCc3ccccc3F)CC(=O)N12. The minimum atomic E-state index is -0.645. The summed E-state index contributed by atoms with van der Waals surface area (Å²) in [6.45, 7) is 2.67. The second-order valence-corrected chi connectivity index (χ2v) is 9.56. The van der Waals surface area contributed by atoms with E-state index in [1.54, 1.807) is 28.0 Å². The fourth-order valence-electron chi connectivity index (χ4n) is 5.79. The highest BCUT2D eigenvalue weighted by Crippen LogP contribution is 2.44. The average molecular weight is 498 g/mol. The molecule has 0 radical (unpaired) electrons. The number of aromatic nitrogens is 1. The van der Waals surface area contributed by atoms with Gasteiger partial charge >= 0.3 is 0 Å². The Kier molecular flexibility index (Phi) is 5.91. The molecule has 3 aromatic carbocycles. The normalized spacial score (nSPS) is 19.2. The first-order chi connectivity index (χ1) is 18.1. The largest absolute Gasteiger partial charge is 0.494 e. The molecule has 37 heavy (non-hydrogen) atoms. The van der Waals surface area contributed by atoms with Crippen LogP contribution in [0.4, 0.5) is 4.39 Å². The van der Waals surface area contributed by atoms with Crippen molar-refractivity contribution in [1.82, 2.24) is 14.8 Å². The zero-order valence-electron chi connectivity index (χ0n) is 20.6. The Morgan fingerprint density at radius 2 is 1.76 bits per heavy atom. The average Bonchev–Trinajstić information content (AvgIpc) is 3.29. The van der Waals surface area contributed by atoms with Gasteiger partial charge in [0.25, 0.3) is 0 Å². The Bertz CT molecular complexity index is 1500. The molecule has 3 heterocycles. The number of nitrogens with zero attached hydrogens (tertiary/aromatic N) is 2. The maximum absolute atomic E-state index is 14.2. The fourth-order valence-corrected chi connectivity index (χ4v) is 5.79. The first kappa shape index (κ1) is 23.3. The molecule has 1 saturated heterocycles. The van der Waals surface area contributed by atoms with Crippen LogP contribution in [0.2, 0.25) is 0 Å². The van der Waals surface area contributed by atoms with Gasteiger partial charge < -0.3 is 19.5 Å². The van der Waals surface area contributed by atoms with Crippen molar-refractivity contribution in [3.8, 4) is 5.75 Å². The molecule has 6 rings (SSSR count). The predicted molar refractivity (Wildman–Crippen MR) is 139 cm³/mol. The number of carbonyl (C=O) groups is 2. The third-order valence-electron chi connectivity index (χ3n) is 7.46. The smallest absolute Gasteiger partial charge is 0.246 e. The van der Waals surface area contributed by atoms with Crippen molar-refractivity contribution in [1.29, 1.82) is 0 Å². The van der Waals surface area contributed by atoms with Crippen LogP contribution in [0.5, 0.6) is 5.75 Å². The lowest BCUT2D eigenvalue weighted by Gasteiger charge is -2.47. The highest BCUT2D eigenvalue weighted by Gasteiger charge is 2.48. The van der Waals surface area contributed by atoms with E-state index in [0.717, 1.165) is 27.7 Å². The number of para-hydroxylation sites is 2. The van der Waals surface area contributed by atoms with E-state index in [2.05, 4.69) is 11.1 Å². The Hall–Kier alpha value is -4.13. The molecule has 0 aliphatic carbocycles. The van der Waals surface area contributed by atoms with Gasteiger partial charge in [-0.15, -0.1) is 0 Å². The molecule has 4 aromatic rings. The quantitative estimate of drug-likeness (QED) is 0.422. The monoisotopic (exact) mass is 497 g/mol. The molecule has 6 nitrogen and oxygen atoms in total. The van der Waals surface area contributed by atoms with Gasteiger partial charge in [0.1, 0.15) is 23.7 Å². The van der Waals surface area contributed by atoms with Gasteiger partial charge in [0.2, 0.25) is 11.8 Å². The zero-order valence-corrected chi connectivity index (χ0v) is 20.6. The number of fused-ring (bicyclic) bond motifs is 4. The molecule has 0 bridgehead atoms. The van der Waals surface area contributed by atoms with Crippen molar-refractivity contribution >= 4 is 22.7 Å². The number of carbonyl (C=O) groups excluding carboxylic acids is 2. The lowest BCUT2D eigenvalue weighted by Crippen LogP contribution is -2.63. The molecular formula is C30H28FN3O3. The first-order valence-electron chi connectivity index (χ1n) is 12.7. The number of hydrogen-bond acceptors (Lipinski definition) is 3. The van der Waals surface area contributed by atoms with Crippen LogP contribution in [0.3, 0.4) is 0 Å². The number of hydrogen-bond donors (Lipinski definition) is 1. The van der Waals surface area contributed by atoms with Gasteiger partial charge in [0, 0.05) is 35.1 Å². The molecule has 2 aliphatic rings. The van der Waals surface area contributed by atoms with Crippen molar-refractivity contribution in [2.24, 2.45) is 0 Å². The van der Waals surface area contributed by atoms with Crippen LogP contribution in [-0.2, 0) is 22.4 Å². The van der Waals surface area contributed by atoms with Gasteiger partial charge in [-0.25, -0.2) is 4.39 Å². The van der Waals surface area contributed by atoms with E-state index in [9.17, 15) is 14.0 Å². The topological polar surface area (TPSA) is 65.6 Å². The molecule has 0 spiro atoms. The van der Waals surface area contributed by atoms with Crippen LogP contribution in [0.15, 0.2) is 72.8 Å². The lowest BCUT2D eigenvalue weighted by atomic mass is 9.86. The summed E-state index contributed by atoms with van der Waals surface area (Å²) >= 11 is 0. The molecular weight excluding hydrogens is 469 g/mol. The molecule has 2 atom stereocenters. The summed E-state index contributed by atoms with van der Waals surface area (Å²) in [5, 5.41) is 1.06. The van der Waals surface area contributed by atoms with E-state index in [1.807, 2.05) is 49.4 Å². The van der Waals surface area contributed by atoms with E-state index < -0.39 is 12.1 Å². The summed E-state index contributed by atoms with van der Waals surface area (Å²) in [5.41, 5.74) is 4.33. The highest BCUT2D eigenvalue weighted by atomic mass is 19.1. The Morgan fingerprint density at radius 3 is 2.59 bits per heavy atom. The van der Waals surface area contributed by atoms with Crippen LogP contribution >= 0.6 is 0 Å². The van der Waals surface area contributed by atoms with Gasteiger partial charge in [-0.2, -0.15) is 0 Å². The second-order valence-electron chi connectivity index (χ2n) is 9.56. The summed E-state index contributed by atoms with van der Waals surface area (Å²) in [4.78, 5) is 34.5. The van der Waals surface area contributed by atoms with Crippen molar-refractivity contribution in [3.63, 3.8) is 0 Å². The summed E-state index contributed by atoms with van der Waals surface area (Å²) in [5.74, 6) is 0.167. The maximum atomic E-state index is 14.2. The van der Waals surface area contributed by atoms with E-state index in [1.165, 1.54) is 6.07 Å². The molecule has 1 fully saturated rings. The van der Waals surface area contributed by atoms with Crippen molar-refractivity contribution < 1.29 is 18.7 Å². The molecule has 7 heteroatoms. The third kappa shape index (κ3) is 3.95. The molecule has 0 unspecified atom stereocenters. The molecule has 2 aliphatic heterocycles. The number of rotatable bonds is 6. The summed E-state index contributed by atoms with van der Waals surface area (Å²) < 4.78 is 20.2. The third-order valence-corrected chi connectivity index (χ3v) is 7.46. The molecule has 0 saturated carbocycles. The Morgan fingerprint density at radius 1 is 1.00 bits per heavy atom. The van der Waals surface area contributed by atoms with Crippen LogP contribution in [0.25, 0.3) is 10.9 Å². The summed E-state index contributed by atoms with van der Waals surface area (Å²) in [6, 6.07) is 21.2. The predicted octanol–water partition coefficient (Wildman–Crippen LogP) is 4.63. The minimum absolute atomic E-state index is 0.0351. The van der Waals surface area contributed by atoms with Crippen molar-refractivity contribution in [2.75, 3.05) is 19.7 Å². The second kappa shape index (κ2) is 9.39. The summed E-state index contributed by atoms with van der Waals surface area (Å²) in [6.07, 6.45) is 0.779. The maximum Gasteiger partial charge on any atom is 0.246 e. The number of aromatic amines is 1. The van der Waals surface area contributed by atoms with E-state index in [-0.39, 0.29) is 30.7 Å². The van der Waals surface area contributed by atoms with Gasteiger partial charge in [0.05, 0.1) is 13.2 Å². The molecule has 1 aromatic heterocycles. The van der Waals surface area contributed by atoms with Crippen LogP contribution < -0.4 is 4.74 Å². The van der Waals surface area contributed by atoms with Crippen molar-refractivity contribution in [2.45, 2.75) is 31.8 Å². The van der Waals surface area contributed by atoms with E-state index in [4.69, 9.17) is 4.74 Å². The number of ether oxygens (including phenoxy) is 1. The minimum Gasteiger partial charge on any atom is -0.494 e. The summed E-state index contributed by atoms with van der Waals surface area (Å²) in [7, 11) is 0. The van der Waals surface area contributed by atoms with Gasteiger partial charge in [-0.3, -0.25) is 9.59 Å². The Labute approximate surface area is 214 Å². The number of piperazine rings is 1. The van der Waals surface area contributed by atoms with Gasteiger partial charge in [-0.05, 0) is 42.7 Å². The van der Waals surface area contributed by atoms with Gasteiger partial charge in [0.15, 0.2) is 0 Å². The lowest BCUT2D eigenvalue weighted by molar-refractivity contribution is -0.158. The van der Waals surface area contributed by atoms with Gasteiger partial charge in [-0.1, -0.05) is 54.6 Å². The van der Waals surface area contributed by atoms with E-state index >= 15 is 0 Å². The standard InChI is InChI=1S/C30H28FN3O3/c1-2-37-26-14-8-5-11-21(26)29-28-22(20-10-4-7-13-24(20)32-28)17-25-30(36)33(18-27(35)34(25)29)16-15-19-9-3-6-12-23(19)31/h3-14,25,29,32H,2,15-18H2,1H3/t25-,29-/m0/s1. The number of halogens is 1. The first-order valence-corrected chi connectivity index (χ1v) is 12.7. The molecule has 1 N–H and O–H groups in total. The number of nitrogens with one attached hydrogen (secondary N) is 1. The fraction of sp³-hybridized carbons (Fsp3) is 0.267.